The number of carbonyl (C=O) groups excluding carboxylic acids is 2. The average molecular weight is 337 g/mol. The molecule has 0 aromatic heterocycles. The molecule has 3 rings (SSSR count). The smallest absolute Gasteiger partial charge is 0.253 e. The van der Waals surface area contributed by atoms with Crippen LogP contribution in [0.2, 0.25) is 0 Å². The number of amides is 2. The second-order valence-corrected chi connectivity index (χ2v) is 6.04. The Hall–Kier alpha value is -3.15. The Morgan fingerprint density at radius 1 is 1.28 bits per heavy atom. The Balaban J connectivity index is 1.72. The number of rotatable bonds is 4. The first-order chi connectivity index (χ1) is 12.1. The molecule has 1 heterocycles. The predicted octanol–water partition coefficient (Wildman–Crippen LogP) is 1.68. The minimum absolute atomic E-state index is 0.0735. The van der Waals surface area contributed by atoms with Crippen LogP contribution in [-0.2, 0) is 9.59 Å². The Morgan fingerprint density at radius 2 is 2.04 bits per heavy atom. The summed E-state index contributed by atoms with van der Waals surface area (Å²) in [7, 11) is 0. The van der Waals surface area contributed by atoms with Gasteiger partial charge < -0.3 is 10.4 Å². The predicted molar refractivity (Wildman–Crippen MR) is 94.3 cm³/mol. The molecule has 2 aromatic rings. The first-order valence-electron chi connectivity index (χ1n) is 8.01. The van der Waals surface area contributed by atoms with E-state index in [9.17, 15) is 14.7 Å². The molecule has 0 spiro atoms. The van der Waals surface area contributed by atoms with Crippen molar-refractivity contribution in [2.24, 2.45) is 11.0 Å². The first kappa shape index (κ1) is 16.7. The third-order valence-corrected chi connectivity index (χ3v) is 4.25. The molecule has 1 fully saturated rings. The number of aryl methyl sites for hydroxylation is 1. The number of benzene rings is 2. The van der Waals surface area contributed by atoms with Crippen molar-refractivity contribution in [3.63, 3.8) is 0 Å². The summed E-state index contributed by atoms with van der Waals surface area (Å²) in [4.78, 5) is 24.5. The van der Waals surface area contributed by atoms with Crippen molar-refractivity contribution in [2.45, 2.75) is 12.8 Å². The summed E-state index contributed by atoms with van der Waals surface area (Å²) in [5, 5.41) is 16.4. The van der Waals surface area contributed by atoms with Gasteiger partial charge >= 0.3 is 0 Å². The van der Waals surface area contributed by atoms with Crippen LogP contribution >= 0.6 is 0 Å². The molecule has 3 N–H and O–H groups in total. The molecule has 2 aromatic carbocycles. The third-order valence-electron chi connectivity index (χ3n) is 4.25. The number of phenols is 1. The van der Waals surface area contributed by atoms with E-state index in [1.165, 1.54) is 6.21 Å². The number of nitrogens with zero attached hydrogens (tertiary/aromatic N) is 1. The van der Waals surface area contributed by atoms with Gasteiger partial charge in [-0.25, -0.2) is 5.43 Å². The lowest BCUT2D eigenvalue weighted by Gasteiger charge is -2.15. The molecule has 0 unspecified atom stereocenters. The lowest BCUT2D eigenvalue weighted by Crippen LogP contribution is -2.34. The van der Waals surface area contributed by atoms with Gasteiger partial charge in [0, 0.05) is 18.0 Å². The fraction of sp³-hybridized carbons (Fsp3) is 0.211. The van der Waals surface area contributed by atoms with E-state index in [1.54, 1.807) is 18.2 Å². The summed E-state index contributed by atoms with van der Waals surface area (Å²) in [6.45, 7) is 2.31. The van der Waals surface area contributed by atoms with E-state index in [2.05, 4.69) is 15.8 Å². The first-order valence-corrected chi connectivity index (χ1v) is 8.01. The molecule has 6 heteroatoms. The zero-order chi connectivity index (χ0) is 17.8. The van der Waals surface area contributed by atoms with Crippen LogP contribution in [-0.4, -0.2) is 29.7 Å². The van der Waals surface area contributed by atoms with Gasteiger partial charge in [-0.2, -0.15) is 5.10 Å². The van der Waals surface area contributed by atoms with E-state index >= 15 is 0 Å². The van der Waals surface area contributed by atoms with Crippen LogP contribution in [0.3, 0.4) is 0 Å². The molecule has 1 aliphatic heterocycles. The van der Waals surface area contributed by atoms with Gasteiger partial charge in [-0.15, -0.1) is 0 Å². The third kappa shape index (κ3) is 3.68. The number of hydrazone groups is 1. The standard InChI is InChI=1S/C19H19N3O3/c1-12-7-8-16(23)14(9-12)10-21-22-19(25)17-15(11-20-18(17)24)13-5-3-2-4-6-13/h2-10,15,17,23H,11H2,1H3,(H,20,24)(H,22,25)/b21-10+/t15-,17-/m0/s1. The van der Waals surface area contributed by atoms with Gasteiger partial charge in [-0.3, -0.25) is 9.59 Å². The van der Waals surface area contributed by atoms with Gasteiger partial charge in [0.05, 0.1) is 6.21 Å². The van der Waals surface area contributed by atoms with Crippen molar-refractivity contribution < 1.29 is 14.7 Å². The lowest BCUT2D eigenvalue weighted by molar-refractivity contribution is -0.133. The van der Waals surface area contributed by atoms with E-state index in [-0.39, 0.29) is 17.6 Å². The van der Waals surface area contributed by atoms with Gasteiger partial charge in [-0.05, 0) is 24.6 Å². The van der Waals surface area contributed by atoms with E-state index in [1.807, 2.05) is 37.3 Å². The minimum Gasteiger partial charge on any atom is -0.507 e. The fourth-order valence-corrected chi connectivity index (χ4v) is 2.95. The second-order valence-electron chi connectivity index (χ2n) is 6.04. The van der Waals surface area contributed by atoms with Gasteiger partial charge in [0.2, 0.25) is 5.91 Å². The monoisotopic (exact) mass is 337 g/mol. The number of carbonyl (C=O) groups is 2. The SMILES string of the molecule is Cc1ccc(O)c(/C=N/NC(=O)[C@@H]2C(=O)NC[C@H]2c2ccccc2)c1. The molecule has 6 nitrogen and oxygen atoms in total. The maximum Gasteiger partial charge on any atom is 0.253 e. The molecule has 0 saturated carbocycles. The molecule has 2 atom stereocenters. The summed E-state index contributed by atoms with van der Waals surface area (Å²) in [6, 6.07) is 14.5. The van der Waals surface area contributed by atoms with Crippen molar-refractivity contribution in [1.82, 2.24) is 10.7 Å². The van der Waals surface area contributed by atoms with E-state index in [0.717, 1.165) is 11.1 Å². The van der Waals surface area contributed by atoms with Crippen molar-refractivity contribution in [3.05, 3.63) is 65.2 Å². The van der Waals surface area contributed by atoms with Gasteiger partial charge in [0.15, 0.2) is 0 Å². The van der Waals surface area contributed by atoms with E-state index < -0.39 is 11.8 Å². The van der Waals surface area contributed by atoms with Crippen LogP contribution in [0.1, 0.15) is 22.6 Å². The Labute approximate surface area is 145 Å². The van der Waals surface area contributed by atoms with Gasteiger partial charge in [-0.1, -0.05) is 42.0 Å². The van der Waals surface area contributed by atoms with Crippen LogP contribution < -0.4 is 10.7 Å². The van der Waals surface area contributed by atoms with Crippen LogP contribution in [0.15, 0.2) is 53.6 Å². The zero-order valence-electron chi connectivity index (χ0n) is 13.8. The van der Waals surface area contributed by atoms with Crippen molar-refractivity contribution in [3.8, 4) is 5.75 Å². The minimum atomic E-state index is -0.828. The largest absolute Gasteiger partial charge is 0.507 e. The number of nitrogens with one attached hydrogen (secondary N) is 2. The summed E-state index contributed by atoms with van der Waals surface area (Å²) in [5.74, 6) is -1.75. The highest BCUT2D eigenvalue weighted by Crippen LogP contribution is 2.29. The number of hydrogen-bond donors (Lipinski definition) is 3. The fourth-order valence-electron chi connectivity index (χ4n) is 2.95. The van der Waals surface area contributed by atoms with Crippen molar-refractivity contribution >= 4 is 18.0 Å². The quantitative estimate of drug-likeness (QED) is 0.450. The molecule has 1 aliphatic rings. The van der Waals surface area contributed by atoms with Crippen LogP contribution in [0, 0.1) is 12.8 Å². The summed E-state index contributed by atoms with van der Waals surface area (Å²) < 4.78 is 0. The summed E-state index contributed by atoms with van der Waals surface area (Å²) in [6.07, 6.45) is 1.37. The average Bonchev–Trinajstić information content (AvgIpc) is 3.00. The Morgan fingerprint density at radius 3 is 2.80 bits per heavy atom. The summed E-state index contributed by atoms with van der Waals surface area (Å²) >= 11 is 0. The van der Waals surface area contributed by atoms with Gasteiger partial charge in [0.1, 0.15) is 11.7 Å². The number of hydrogen-bond acceptors (Lipinski definition) is 4. The Kier molecular flexibility index (Phi) is 4.79. The zero-order valence-corrected chi connectivity index (χ0v) is 13.8. The van der Waals surface area contributed by atoms with Crippen molar-refractivity contribution in [2.75, 3.05) is 6.54 Å². The number of aromatic hydroxyl groups is 1. The molecule has 1 saturated heterocycles. The maximum absolute atomic E-state index is 12.4. The van der Waals surface area contributed by atoms with Crippen LogP contribution in [0.25, 0.3) is 0 Å². The topological polar surface area (TPSA) is 90.8 Å². The highest BCUT2D eigenvalue weighted by Gasteiger charge is 2.40. The lowest BCUT2D eigenvalue weighted by atomic mass is 9.88. The highest BCUT2D eigenvalue weighted by atomic mass is 16.3. The maximum atomic E-state index is 12.4. The molecule has 128 valence electrons. The van der Waals surface area contributed by atoms with Crippen LogP contribution in [0.4, 0.5) is 0 Å². The van der Waals surface area contributed by atoms with Gasteiger partial charge in [0.25, 0.3) is 5.91 Å². The molecule has 2 amide bonds. The molecular weight excluding hydrogens is 318 g/mol. The second kappa shape index (κ2) is 7.17. The normalized spacial score (nSPS) is 19.8. The molecule has 0 bridgehead atoms. The Bertz CT molecular complexity index is 818. The highest BCUT2D eigenvalue weighted by molar-refractivity contribution is 6.03. The molecular formula is C19H19N3O3. The van der Waals surface area contributed by atoms with E-state index in [0.29, 0.717) is 12.1 Å². The van der Waals surface area contributed by atoms with Crippen molar-refractivity contribution in [1.29, 1.82) is 0 Å². The van der Waals surface area contributed by atoms with E-state index in [4.69, 9.17) is 0 Å². The van der Waals surface area contributed by atoms with Crippen LogP contribution in [0.5, 0.6) is 5.75 Å². The molecule has 25 heavy (non-hydrogen) atoms. The molecule has 0 radical (unpaired) electrons. The number of phenolic OH excluding ortho intramolecular Hbond substituents is 1. The summed E-state index contributed by atoms with van der Waals surface area (Å²) in [5.41, 5.74) is 4.80. The molecule has 0 aliphatic carbocycles.